The van der Waals surface area contributed by atoms with Gasteiger partial charge >= 0.3 is 0 Å². The van der Waals surface area contributed by atoms with E-state index in [1.54, 1.807) is 25.1 Å². The molecule has 0 saturated heterocycles. The van der Waals surface area contributed by atoms with Crippen LogP contribution >= 0.6 is 0 Å². The maximum atomic E-state index is 12.2. The quantitative estimate of drug-likeness (QED) is 0.719. The summed E-state index contributed by atoms with van der Waals surface area (Å²) in [4.78, 5) is 28.6. The highest BCUT2D eigenvalue weighted by molar-refractivity contribution is 6.02. The van der Waals surface area contributed by atoms with Crippen LogP contribution in [0.3, 0.4) is 0 Å². The fourth-order valence-electron chi connectivity index (χ4n) is 2.62. The number of anilines is 1. The van der Waals surface area contributed by atoms with Crippen molar-refractivity contribution in [2.75, 3.05) is 5.32 Å². The smallest absolute Gasteiger partial charge is 0.224 e. The highest BCUT2D eigenvalue weighted by Crippen LogP contribution is 2.24. The van der Waals surface area contributed by atoms with Crippen LogP contribution in [0.5, 0.6) is 0 Å². The van der Waals surface area contributed by atoms with Gasteiger partial charge in [-0.2, -0.15) is 0 Å². The van der Waals surface area contributed by atoms with Crippen molar-refractivity contribution in [1.82, 2.24) is 4.98 Å². The summed E-state index contributed by atoms with van der Waals surface area (Å²) in [6, 6.07) is 12.8. The van der Waals surface area contributed by atoms with Crippen molar-refractivity contribution >= 4 is 28.5 Å². The van der Waals surface area contributed by atoms with Crippen LogP contribution < -0.4 is 5.32 Å². The van der Waals surface area contributed by atoms with E-state index in [2.05, 4.69) is 10.3 Å². The average molecular weight is 322 g/mol. The van der Waals surface area contributed by atoms with Crippen molar-refractivity contribution in [2.24, 2.45) is 0 Å². The van der Waals surface area contributed by atoms with Gasteiger partial charge in [0.05, 0.1) is 5.69 Å². The Morgan fingerprint density at radius 3 is 2.62 bits per heavy atom. The lowest BCUT2D eigenvalue weighted by Crippen LogP contribution is -2.14. The SMILES string of the molecule is Cc1nc2cccc(NC(=O)CCC(=O)c3ccccc3C)c2o1. The van der Waals surface area contributed by atoms with Crippen molar-refractivity contribution < 1.29 is 14.0 Å². The van der Waals surface area contributed by atoms with E-state index in [0.29, 0.717) is 28.2 Å². The molecular weight excluding hydrogens is 304 g/mol. The van der Waals surface area contributed by atoms with E-state index in [9.17, 15) is 9.59 Å². The van der Waals surface area contributed by atoms with Gasteiger partial charge in [0.2, 0.25) is 5.91 Å². The van der Waals surface area contributed by atoms with Crippen LogP contribution in [0, 0.1) is 13.8 Å². The monoisotopic (exact) mass is 322 g/mol. The van der Waals surface area contributed by atoms with Crippen molar-refractivity contribution in [3.8, 4) is 0 Å². The number of nitrogens with zero attached hydrogens (tertiary/aromatic N) is 1. The van der Waals surface area contributed by atoms with Gasteiger partial charge in [0, 0.05) is 25.3 Å². The van der Waals surface area contributed by atoms with Gasteiger partial charge in [-0.1, -0.05) is 30.3 Å². The Bertz CT molecular complexity index is 912. The Labute approximate surface area is 139 Å². The van der Waals surface area contributed by atoms with Crippen LogP contribution in [0.25, 0.3) is 11.1 Å². The number of hydrogen-bond acceptors (Lipinski definition) is 4. The van der Waals surface area contributed by atoms with Gasteiger partial charge in [0.25, 0.3) is 0 Å². The summed E-state index contributed by atoms with van der Waals surface area (Å²) >= 11 is 0. The molecule has 1 heterocycles. The van der Waals surface area contributed by atoms with E-state index in [1.807, 2.05) is 31.2 Å². The van der Waals surface area contributed by atoms with E-state index in [-0.39, 0.29) is 24.5 Å². The Morgan fingerprint density at radius 2 is 1.83 bits per heavy atom. The highest BCUT2D eigenvalue weighted by Gasteiger charge is 2.13. The molecule has 0 aliphatic carbocycles. The number of benzene rings is 2. The van der Waals surface area contributed by atoms with Crippen LogP contribution in [0.4, 0.5) is 5.69 Å². The predicted molar refractivity (Wildman–Crippen MR) is 92.1 cm³/mol. The van der Waals surface area contributed by atoms with E-state index in [1.165, 1.54) is 0 Å². The second-order valence-electron chi connectivity index (χ2n) is 5.67. The molecule has 0 aliphatic rings. The van der Waals surface area contributed by atoms with Gasteiger partial charge in [0.15, 0.2) is 17.3 Å². The van der Waals surface area contributed by atoms with Gasteiger partial charge in [-0.15, -0.1) is 0 Å². The minimum absolute atomic E-state index is 0.0306. The molecule has 1 N–H and O–H groups in total. The summed E-state index contributed by atoms with van der Waals surface area (Å²) in [6.45, 7) is 3.65. The predicted octanol–water partition coefficient (Wildman–Crippen LogP) is 4.05. The number of aryl methyl sites for hydroxylation is 2. The topological polar surface area (TPSA) is 72.2 Å². The zero-order chi connectivity index (χ0) is 17.1. The minimum atomic E-state index is -0.224. The Balaban J connectivity index is 1.65. The third kappa shape index (κ3) is 3.35. The number of fused-ring (bicyclic) bond motifs is 1. The molecule has 2 aromatic carbocycles. The molecule has 1 aromatic heterocycles. The number of amides is 1. The number of nitrogens with one attached hydrogen (secondary N) is 1. The first-order chi connectivity index (χ1) is 11.5. The molecule has 0 saturated carbocycles. The molecule has 1 amide bonds. The van der Waals surface area contributed by atoms with E-state index in [4.69, 9.17) is 4.42 Å². The van der Waals surface area contributed by atoms with Gasteiger partial charge in [-0.3, -0.25) is 9.59 Å². The first-order valence-electron chi connectivity index (χ1n) is 7.79. The highest BCUT2D eigenvalue weighted by atomic mass is 16.3. The minimum Gasteiger partial charge on any atom is -0.439 e. The molecule has 0 radical (unpaired) electrons. The lowest BCUT2D eigenvalue weighted by atomic mass is 10.0. The van der Waals surface area contributed by atoms with Crippen molar-refractivity contribution in [3.05, 3.63) is 59.5 Å². The van der Waals surface area contributed by atoms with Gasteiger partial charge < -0.3 is 9.73 Å². The zero-order valence-corrected chi connectivity index (χ0v) is 13.6. The number of oxazole rings is 1. The molecule has 5 nitrogen and oxygen atoms in total. The van der Waals surface area contributed by atoms with E-state index in [0.717, 1.165) is 5.56 Å². The molecule has 0 unspecified atom stereocenters. The Morgan fingerprint density at radius 1 is 1.04 bits per heavy atom. The largest absolute Gasteiger partial charge is 0.439 e. The van der Waals surface area contributed by atoms with E-state index >= 15 is 0 Å². The molecule has 122 valence electrons. The second-order valence-corrected chi connectivity index (χ2v) is 5.67. The van der Waals surface area contributed by atoms with Crippen LogP contribution in [0.2, 0.25) is 0 Å². The number of rotatable bonds is 5. The zero-order valence-electron chi connectivity index (χ0n) is 13.6. The van der Waals surface area contributed by atoms with Crippen LogP contribution in [-0.4, -0.2) is 16.7 Å². The molecule has 5 heteroatoms. The molecule has 3 aromatic rings. The van der Waals surface area contributed by atoms with Gasteiger partial charge in [-0.05, 0) is 24.6 Å². The maximum absolute atomic E-state index is 12.2. The molecule has 0 fully saturated rings. The number of aromatic nitrogens is 1. The number of Topliss-reactive ketones (excluding diaryl/α,β-unsaturated/α-hetero) is 1. The molecule has 0 aliphatic heterocycles. The summed E-state index contributed by atoms with van der Waals surface area (Å²) in [5.41, 5.74) is 3.40. The summed E-state index contributed by atoms with van der Waals surface area (Å²) in [7, 11) is 0. The Hall–Kier alpha value is -2.95. The number of hydrogen-bond donors (Lipinski definition) is 1. The fraction of sp³-hybridized carbons (Fsp3) is 0.211. The van der Waals surface area contributed by atoms with Gasteiger partial charge in [0.1, 0.15) is 5.52 Å². The van der Waals surface area contributed by atoms with Crippen molar-refractivity contribution in [3.63, 3.8) is 0 Å². The van der Waals surface area contributed by atoms with Crippen LogP contribution in [0.15, 0.2) is 46.9 Å². The summed E-state index contributed by atoms with van der Waals surface area (Å²) in [5, 5.41) is 2.79. The van der Waals surface area contributed by atoms with Crippen molar-refractivity contribution in [1.29, 1.82) is 0 Å². The van der Waals surface area contributed by atoms with E-state index < -0.39 is 0 Å². The lowest BCUT2D eigenvalue weighted by Gasteiger charge is -2.06. The third-order valence-corrected chi connectivity index (χ3v) is 3.82. The molecule has 3 rings (SSSR count). The number of carbonyl (C=O) groups excluding carboxylic acids is 2. The lowest BCUT2D eigenvalue weighted by molar-refractivity contribution is -0.116. The van der Waals surface area contributed by atoms with Gasteiger partial charge in [-0.25, -0.2) is 4.98 Å². The maximum Gasteiger partial charge on any atom is 0.224 e. The molecule has 0 bridgehead atoms. The number of ketones is 1. The summed E-state index contributed by atoms with van der Waals surface area (Å²) in [5.74, 6) is 0.289. The summed E-state index contributed by atoms with van der Waals surface area (Å²) < 4.78 is 5.52. The fourth-order valence-corrected chi connectivity index (χ4v) is 2.62. The number of para-hydroxylation sites is 1. The molecular formula is C19H18N2O3. The molecule has 0 atom stereocenters. The van der Waals surface area contributed by atoms with Crippen LogP contribution in [-0.2, 0) is 4.79 Å². The first kappa shape index (κ1) is 15.9. The number of carbonyl (C=O) groups is 2. The average Bonchev–Trinajstić information content (AvgIpc) is 2.94. The van der Waals surface area contributed by atoms with Crippen LogP contribution in [0.1, 0.15) is 34.7 Å². The standard InChI is InChI=1S/C19H18N2O3/c1-12-6-3-4-7-14(12)17(22)10-11-18(23)21-16-9-5-8-15-19(16)24-13(2)20-15/h3-9H,10-11H2,1-2H3,(H,21,23). The first-order valence-corrected chi connectivity index (χ1v) is 7.79. The molecule has 24 heavy (non-hydrogen) atoms. The summed E-state index contributed by atoms with van der Waals surface area (Å²) in [6.07, 6.45) is 0.290. The third-order valence-electron chi connectivity index (χ3n) is 3.82. The Kier molecular flexibility index (Phi) is 4.42. The van der Waals surface area contributed by atoms with Crippen molar-refractivity contribution in [2.45, 2.75) is 26.7 Å². The second kappa shape index (κ2) is 6.66. The normalized spacial score (nSPS) is 10.8. The molecule has 0 spiro atoms.